The number of hydrogen-bond acceptors (Lipinski definition) is 3. The van der Waals surface area contributed by atoms with E-state index in [0.717, 1.165) is 24.5 Å². The maximum Gasteiger partial charge on any atom is 0.0379 e. The van der Waals surface area contributed by atoms with Gasteiger partial charge in [-0.15, -0.1) is 0 Å². The van der Waals surface area contributed by atoms with Crippen LogP contribution in [0, 0.1) is 13.8 Å². The van der Waals surface area contributed by atoms with E-state index in [1.165, 1.54) is 5.56 Å². The Hall–Kier alpha value is -0.930. The van der Waals surface area contributed by atoms with Crippen LogP contribution < -0.4 is 11.1 Å². The predicted molar refractivity (Wildman–Crippen MR) is 54.5 cm³/mol. The van der Waals surface area contributed by atoms with Crippen molar-refractivity contribution in [3.8, 4) is 0 Å². The van der Waals surface area contributed by atoms with Gasteiger partial charge in [0, 0.05) is 31.0 Å². The molecule has 3 heteroatoms. The molecule has 0 aliphatic carbocycles. The minimum Gasteiger partial charge on any atom is -0.329 e. The van der Waals surface area contributed by atoms with E-state index in [9.17, 15) is 0 Å². The first-order valence-corrected chi connectivity index (χ1v) is 4.57. The second-order valence-electron chi connectivity index (χ2n) is 3.22. The number of nitrogens with two attached hydrogens (primary N) is 1. The van der Waals surface area contributed by atoms with Gasteiger partial charge in [0.05, 0.1) is 0 Å². The fraction of sp³-hybridized carbons (Fsp3) is 0.500. The van der Waals surface area contributed by atoms with Crippen molar-refractivity contribution >= 4 is 0 Å². The summed E-state index contributed by atoms with van der Waals surface area (Å²) in [6.45, 7) is 6.45. The van der Waals surface area contributed by atoms with Crippen molar-refractivity contribution in [3.05, 3.63) is 29.1 Å². The highest BCUT2D eigenvalue weighted by molar-refractivity contribution is 5.19. The second-order valence-corrected chi connectivity index (χ2v) is 3.22. The number of pyridine rings is 1. The van der Waals surface area contributed by atoms with Gasteiger partial charge in [-0.25, -0.2) is 0 Å². The quantitative estimate of drug-likeness (QED) is 0.670. The molecule has 0 amide bonds. The van der Waals surface area contributed by atoms with Crippen molar-refractivity contribution in [3.63, 3.8) is 0 Å². The van der Waals surface area contributed by atoms with E-state index in [4.69, 9.17) is 5.73 Å². The molecule has 0 aliphatic heterocycles. The van der Waals surface area contributed by atoms with Gasteiger partial charge in [-0.2, -0.15) is 0 Å². The lowest BCUT2D eigenvalue weighted by Crippen LogP contribution is -2.22. The Bertz CT molecular complexity index is 251. The molecule has 1 aromatic rings. The summed E-state index contributed by atoms with van der Waals surface area (Å²) in [5.74, 6) is 0. The van der Waals surface area contributed by atoms with Gasteiger partial charge in [0.2, 0.25) is 0 Å². The van der Waals surface area contributed by atoms with Gasteiger partial charge in [-0.05, 0) is 31.5 Å². The van der Waals surface area contributed by atoms with E-state index >= 15 is 0 Å². The van der Waals surface area contributed by atoms with Crippen LogP contribution in [0.3, 0.4) is 0 Å². The summed E-state index contributed by atoms with van der Waals surface area (Å²) in [6.07, 6.45) is 0. The number of nitrogens with one attached hydrogen (secondary N) is 1. The van der Waals surface area contributed by atoms with Crippen LogP contribution in [-0.4, -0.2) is 18.1 Å². The number of nitrogens with zero attached hydrogens (tertiary/aromatic N) is 1. The van der Waals surface area contributed by atoms with Crippen LogP contribution in [-0.2, 0) is 6.54 Å². The molecule has 0 aromatic carbocycles. The Labute approximate surface area is 79.4 Å². The summed E-state index contributed by atoms with van der Waals surface area (Å²) in [5.41, 5.74) is 8.80. The first-order chi connectivity index (χ1) is 6.22. The Kier molecular flexibility index (Phi) is 3.86. The maximum absolute atomic E-state index is 5.38. The van der Waals surface area contributed by atoms with E-state index in [2.05, 4.69) is 22.4 Å². The fourth-order valence-corrected chi connectivity index (χ4v) is 1.36. The molecule has 0 spiro atoms. The Balaban J connectivity index is 2.56. The summed E-state index contributed by atoms with van der Waals surface area (Å²) >= 11 is 0. The standard InChI is InChI=1S/C10H17N3/c1-8-5-10(6-9(2)13-8)7-12-4-3-11/h5-6,12H,3-4,7,11H2,1-2H3. The Morgan fingerprint density at radius 3 is 2.46 bits per heavy atom. The zero-order valence-electron chi connectivity index (χ0n) is 8.30. The third-order valence-corrected chi connectivity index (χ3v) is 1.79. The van der Waals surface area contributed by atoms with E-state index in [0.29, 0.717) is 6.54 Å². The average Bonchev–Trinajstić information content (AvgIpc) is 2.03. The number of rotatable bonds is 4. The van der Waals surface area contributed by atoms with E-state index in [-0.39, 0.29) is 0 Å². The summed E-state index contributed by atoms with van der Waals surface area (Å²) < 4.78 is 0. The van der Waals surface area contributed by atoms with Gasteiger partial charge in [0.25, 0.3) is 0 Å². The van der Waals surface area contributed by atoms with Crippen LogP contribution in [0.25, 0.3) is 0 Å². The minimum atomic E-state index is 0.684. The zero-order chi connectivity index (χ0) is 9.68. The molecule has 0 unspecified atom stereocenters. The molecule has 13 heavy (non-hydrogen) atoms. The molecule has 0 saturated heterocycles. The molecule has 3 N–H and O–H groups in total. The number of aromatic nitrogens is 1. The summed E-state index contributed by atoms with van der Waals surface area (Å²) in [4.78, 5) is 4.31. The van der Waals surface area contributed by atoms with Crippen LogP contribution in [0.2, 0.25) is 0 Å². The molecule has 3 nitrogen and oxygen atoms in total. The average molecular weight is 179 g/mol. The summed E-state index contributed by atoms with van der Waals surface area (Å²) in [7, 11) is 0. The normalized spacial score (nSPS) is 10.4. The lowest BCUT2D eigenvalue weighted by Gasteiger charge is -2.05. The number of hydrogen-bond donors (Lipinski definition) is 2. The molecular weight excluding hydrogens is 162 g/mol. The Morgan fingerprint density at radius 2 is 1.92 bits per heavy atom. The summed E-state index contributed by atoms with van der Waals surface area (Å²) in [5, 5.41) is 3.25. The van der Waals surface area contributed by atoms with Gasteiger partial charge in [0.15, 0.2) is 0 Å². The van der Waals surface area contributed by atoms with E-state index in [1.54, 1.807) is 0 Å². The van der Waals surface area contributed by atoms with Gasteiger partial charge in [-0.1, -0.05) is 0 Å². The van der Waals surface area contributed by atoms with Crippen molar-refractivity contribution in [2.24, 2.45) is 5.73 Å². The van der Waals surface area contributed by atoms with Crippen LogP contribution >= 0.6 is 0 Å². The molecule has 1 heterocycles. The van der Waals surface area contributed by atoms with Gasteiger partial charge in [-0.3, -0.25) is 4.98 Å². The molecule has 0 aliphatic rings. The highest BCUT2D eigenvalue weighted by atomic mass is 14.9. The third kappa shape index (κ3) is 3.53. The van der Waals surface area contributed by atoms with E-state index < -0.39 is 0 Å². The maximum atomic E-state index is 5.38. The van der Waals surface area contributed by atoms with Crippen molar-refractivity contribution in [1.29, 1.82) is 0 Å². The first-order valence-electron chi connectivity index (χ1n) is 4.57. The zero-order valence-corrected chi connectivity index (χ0v) is 8.30. The fourth-order valence-electron chi connectivity index (χ4n) is 1.36. The van der Waals surface area contributed by atoms with E-state index in [1.807, 2.05) is 13.8 Å². The van der Waals surface area contributed by atoms with Gasteiger partial charge in [0.1, 0.15) is 0 Å². The molecule has 1 rings (SSSR count). The van der Waals surface area contributed by atoms with Gasteiger partial charge < -0.3 is 11.1 Å². The topological polar surface area (TPSA) is 50.9 Å². The molecule has 72 valence electrons. The molecule has 0 bridgehead atoms. The smallest absolute Gasteiger partial charge is 0.0379 e. The van der Waals surface area contributed by atoms with Crippen molar-refractivity contribution in [2.75, 3.05) is 13.1 Å². The highest BCUT2D eigenvalue weighted by Crippen LogP contribution is 2.03. The predicted octanol–water partition coefficient (Wildman–Crippen LogP) is 0.747. The lowest BCUT2D eigenvalue weighted by molar-refractivity contribution is 0.693. The molecular formula is C10H17N3. The molecule has 0 radical (unpaired) electrons. The second kappa shape index (κ2) is 4.94. The SMILES string of the molecule is Cc1cc(CNCCN)cc(C)n1. The molecule has 0 saturated carbocycles. The van der Waals surface area contributed by atoms with Gasteiger partial charge >= 0.3 is 0 Å². The van der Waals surface area contributed by atoms with Crippen molar-refractivity contribution < 1.29 is 0 Å². The molecule has 0 atom stereocenters. The van der Waals surface area contributed by atoms with Crippen LogP contribution in [0.5, 0.6) is 0 Å². The third-order valence-electron chi connectivity index (χ3n) is 1.79. The first kappa shape index (κ1) is 10.2. The molecule has 1 aromatic heterocycles. The molecule has 0 fully saturated rings. The lowest BCUT2D eigenvalue weighted by atomic mass is 10.2. The minimum absolute atomic E-state index is 0.684. The Morgan fingerprint density at radius 1 is 1.31 bits per heavy atom. The van der Waals surface area contributed by atoms with Crippen molar-refractivity contribution in [2.45, 2.75) is 20.4 Å². The van der Waals surface area contributed by atoms with Crippen molar-refractivity contribution in [1.82, 2.24) is 10.3 Å². The largest absolute Gasteiger partial charge is 0.329 e. The van der Waals surface area contributed by atoms with Crippen LogP contribution in [0.15, 0.2) is 12.1 Å². The van der Waals surface area contributed by atoms with Crippen LogP contribution in [0.4, 0.5) is 0 Å². The summed E-state index contributed by atoms with van der Waals surface area (Å²) in [6, 6.07) is 4.19. The monoisotopic (exact) mass is 179 g/mol. The highest BCUT2D eigenvalue weighted by Gasteiger charge is 1.95. The number of aryl methyl sites for hydroxylation is 2. The van der Waals surface area contributed by atoms with Crippen LogP contribution in [0.1, 0.15) is 17.0 Å².